The second-order valence-electron chi connectivity index (χ2n) is 9.10. The van der Waals surface area contributed by atoms with Gasteiger partial charge in [-0.15, -0.1) is 19.7 Å². The molecule has 3 N–H and O–H groups in total. The molecule has 0 unspecified atom stereocenters. The molecule has 0 spiro atoms. The topological polar surface area (TPSA) is 152 Å². The Bertz CT molecular complexity index is 1350. The molecule has 1 amide bonds. The average Bonchev–Trinajstić information content (AvgIpc) is 3.49. The maximum atomic E-state index is 12.1. The fourth-order valence-corrected chi connectivity index (χ4v) is 5.02. The molecule has 0 bridgehead atoms. The van der Waals surface area contributed by atoms with Gasteiger partial charge in [0.1, 0.15) is 5.75 Å². The summed E-state index contributed by atoms with van der Waals surface area (Å²) in [5, 5.41) is 12.1. The Morgan fingerprint density at radius 1 is 0.976 bits per heavy atom. The zero-order valence-corrected chi connectivity index (χ0v) is 27.8. The molecule has 224 valence electrons. The first-order valence-corrected chi connectivity index (χ1v) is 14.1. The van der Waals surface area contributed by atoms with Gasteiger partial charge in [-0.25, -0.2) is 13.6 Å². The molecule has 3 aromatic carbocycles. The number of nitrogens with one attached hydrogen (secondary N) is 1. The Balaban J connectivity index is 0.000000444. The Morgan fingerprint density at radius 3 is 2.05 bits per heavy atom. The van der Waals surface area contributed by atoms with E-state index in [2.05, 4.69) is 15.4 Å². The van der Waals surface area contributed by atoms with Crippen molar-refractivity contribution in [2.75, 3.05) is 7.05 Å². The van der Waals surface area contributed by atoms with E-state index in [9.17, 15) is 26.4 Å². The van der Waals surface area contributed by atoms with Gasteiger partial charge < -0.3 is 25.9 Å². The minimum absolute atomic E-state index is 0. The van der Waals surface area contributed by atoms with Gasteiger partial charge in [-0.2, -0.15) is 7.05 Å². The Kier molecular flexibility index (Phi) is 16.0. The number of nitrogens with zero attached hydrogens (tertiary/aromatic N) is 2. The maximum absolute atomic E-state index is 12.1. The van der Waals surface area contributed by atoms with Crippen LogP contribution in [0.1, 0.15) is 36.8 Å². The maximum Gasteiger partial charge on any atom is 2.00 e. The van der Waals surface area contributed by atoms with Crippen molar-refractivity contribution in [2.24, 2.45) is 11.1 Å². The zero-order chi connectivity index (χ0) is 30.5. The van der Waals surface area contributed by atoms with E-state index in [4.69, 9.17) is 15.6 Å². The van der Waals surface area contributed by atoms with E-state index in [1.54, 1.807) is 37.4 Å². The largest absolute Gasteiger partial charge is 2.00 e. The van der Waals surface area contributed by atoms with E-state index >= 15 is 0 Å². The van der Waals surface area contributed by atoms with Gasteiger partial charge >= 0.3 is 37.5 Å². The molecular formula is C28H31F3N4O5SU. The van der Waals surface area contributed by atoms with Gasteiger partial charge in [-0.05, 0) is 42.2 Å². The number of hydrogen-bond acceptors (Lipinski definition) is 5. The molecule has 0 atom stereocenters. The van der Waals surface area contributed by atoms with Crippen LogP contribution in [0.2, 0.25) is 0 Å². The smallest absolute Gasteiger partial charge is 0.661 e. The number of alkyl halides is 3. The molecule has 0 heterocycles. The zero-order valence-electron chi connectivity index (χ0n) is 22.8. The summed E-state index contributed by atoms with van der Waals surface area (Å²) >= 11 is 0. The number of nitrogens with two attached hydrogens (primary N) is 1. The van der Waals surface area contributed by atoms with Crippen LogP contribution in [0.4, 0.5) is 13.2 Å². The fourth-order valence-electron chi connectivity index (χ4n) is 4.26. The second-order valence-corrected chi connectivity index (χ2v) is 10.6. The first-order valence-electron chi connectivity index (χ1n) is 12.5. The molecule has 1 aliphatic carbocycles. The van der Waals surface area contributed by atoms with Crippen LogP contribution in [0.5, 0.6) is 5.75 Å². The summed E-state index contributed by atoms with van der Waals surface area (Å²) in [6.45, 7) is 0.971. The number of hydrogen-bond donors (Lipinski definition) is 2. The predicted molar refractivity (Wildman–Crippen MR) is 150 cm³/mol. The molecule has 0 saturated heterocycles. The van der Waals surface area contributed by atoms with Gasteiger partial charge in [0, 0.05) is 18.0 Å². The molecule has 1 aliphatic rings. The van der Waals surface area contributed by atoms with Crippen LogP contribution in [0, 0.1) is 41.9 Å². The summed E-state index contributed by atoms with van der Waals surface area (Å²) in [6.07, 6.45) is -0.395. The molecule has 1 saturated carbocycles. The van der Waals surface area contributed by atoms with Gasteiger partial charge in [0.2, 0.25) is 15.9 Å². The number of ether oxygens (including phenoxy) is 1. The minimum atomic E-state index is -4.63. The SMILES string of the molecule is C[N-]Cc1ccc(OC(F)(F)F)cc1.NS(=O)(=O)c1ccccc1-c1ccc(CNC(=O)C2CCCC2)cc1.[N-]=O.[U+2]. The summed E-state index contributed by atoms with van der Waals surface area (Å²) in [7, 11) is -2.14. The van der Waals surface area contributed by atoms with Gasteiger partial charge in [0.05, 0.1) is 4.90 Å². The van der Waals surface area contributed by atoms with Crippen LogP contribution in [0.3, 0.4) is 0 Å². The van der Waals surface area contributed by atoms with Crippen LogP contribution in [0.15, 0.2) is 77.7 Å². The van der Waals surface area contributed by atoms with E-state index in [1.807, 2.05) is 24.3 Å². The summed E-state index contributed by atoms with van der Waals surface area (Å²) in [5.41, 5.74) is 8.92. The van der Waals surface area contributed by atoms with E-state index in [0.29, 0.717) is 18.7 Å². The third-order valence-corrected chi connectivity index (χ3v) is 7.12. The van der Waals surface area contributed by atoms with E-state index < -0.39 is 16.4 Å². The van der Waals surface area contributed by atoms with Crippen molar-refractivity contribution in [3.8, 4) is 16.9 Å². The Morgan fingerprint density at radius 2 is 1.52 bits per heavy atom. The van der Waals surface area contributed by atoms with Crippen LogP contribution in [-0.2, 0) is 27.9 Å². The molecule has 42 heavy (non-hydrogen) atoms. The van der Waals surface area contributed by atoms with Crippen molar-refractivity contribution >= 4 is 15.9 Å². The van der Waals surface area contributed by atoms with Crippen molar-refractivity contribution in [3.63, 3.8) is 0 Å². The molecule has 1 fully saturated rings. The third kappa shape index (κ3) is 12.6. The van der Waals surface area contributed by atoms with E-state index in [0.717, 1.165) is 42.4 Å². The summed E-state index contributed by atoms with van der Waals surface area (Å²) in [5.74, 6) is 0.0689. The number of halogens is 3. The van der Waals surface area contributed by atoms with Crippen LogP contribution >= 0.6 is 0 Å². The molecule has 9 nitrogen and oxygen atoms in total. The monoisotopic (exact) mass is 830 g/mol. The van der Waals surface area contributed by atoms with Crippen molar-refractivity contribution in [3.05, 3.63) is 99.7 Å². The Hall–Kier alpha value is -2.76. The van der Waals surface area contributed by atoms with E-state index in [-0.39, 0.29) is 53.6 Å². The molecule has 0 radical (unpaired) electrons. The quantitative estimate of drug-likeness (QED) is 0.277. The first-order chi connectivity index (χ1) is 19.5. The molecule has 0 aliphatic heterocycles. The van der Waals surface area contributed by atoms with Crippen LogP contribution < -0.4 is 15.2 Å². The summed E-state index contributed by atoms with van der Waals surface area (Å²) in [4.78, 5) is 19.4. The molecule has 3 aromatic rings. The fraction of sp³-hybridized carbons (Fsp3) is 0.321. The van der Waals surface area contributed by atoms with Crippen molar-refractivity contribution in [2.45, 2.75) is 50.0 Å². The standard InChI is InChI=1S/C19H22N2O3S.C9H9F3NO.NO.U/c20-25(23,24)18-8-4-3-7-17(18)15-11-9-14(10-12-15)13-21-19(22)16-5-1-2-6-16;1-13-6-7-2-4-8(5-3-7)14-9(10,11)12;1-2;/h3-4,7-12,16H,1-2,5-6,13H2,(H,21,22)(H2,20,23,24);2-5H,6H2,1H3;;/q;2*-1;+2. The first kappa shape index (κ1) is 37.3. The minimum Gasteiger partial charge on any atom is -0.661 e. The molecule has 14 heteroatoms. The van der Waals surface area contributed by atoms with Gasteiger partial charge in [0.25, 0.3) is 0 Å². The number of nitroso groups, excluding NO2 is 1. The third-order valence-electron chi connectivity index (χ3n) is 6.15. The number of primary sulfonamides is 1. The predicted octanol–water partition coefficient (Wildman–Crippen LogP) is 6.22. The van der Waals surface area contributed by atoms with Crippen molar-refractivity contribution in [1.82, 2.24) is 5.32 Å². The molecular weight excluding hydrogens is 799 g/mol. The van der Waals surface area contributed by atoms with Crippen LogP contribution in [-0.4, -0.2) is 27.7 Å². The number of amides is 1. The average molecular weight is 831 g/mol. The summed E-state index contributed by atoms with van der Waals surface area (Å²) < 4.78 is 62.4. The number of carbonyl (C=O) groups excluding carboxylic acids is 1. The van der Waals surface area contributed by atoms with Crippen molar-refractivity contribution < 1.29 is 62.2 Å². The van der Waals surface area contributed by atoms with Gasteiger partial charge in [0.15, 0.2) is 0 Å². The van der Waals surface area contributed by atoms with Gasteiger partial charge in [-0.3, -0.25) is 4.79 Å². The number of benzene rings is 3. The number of carbonyl (C=O) groups is 1. The van der Waals surface area contributed by atoms with Crippen LogP contribution in [0.25, 0.3) is 22.0 Å². The summed E-state index contributed by atoms with van der Waals surface area (Å²) in [6, 6.07) is 19.8. The normalized spacial score (nSPS) is 13.0. The van der Waals surface area contributed by atoms with Crippen molar-refractivity contribution in [1.29, 1.82) is 0 Å². The molecule has 4 rings (SSSR count). The Labute approximate surface area is 267 Å². The number of sulfonamides is 1. The van der Waals surface area contributed by atoms with E-state index in [1.165, 1.54) is 18.2 Å². The van der Waals surface area contributed by atoms with Gasteiger partial charge in [-0.1, -0.05) is 73.0 Å². The second kappa shape index (κ2) is 18.0. The molecule has 0 aromatic heterocycles. The number of rotatable bonds is 8.